The second-order valence-electron chi connectivity index (χ2n) is 4.36. The molecule has 0 unspecified atom stereocenters. The topological polar surface area (TPSA) is 46.6 Å². The third-order valence-corrected chi connectivity index (χ3v) is 2.48. The second kappa shape index (κ2) is 4.57. The van der Waals surface area contributed by atoms with Crippen molar-refractivity contribution < 1.29 is 14.3 Å². The molecule has 4 heteroatoms. The van der Waals surface area contributed by atoms with Gasteiger partial charge in [0.1, 0.15) is 5.75 Å². The van der Waals surface area contributed by atoms with Crippen LogP contribution < -0.4 is 9.64 Å². The summed E-state index contributed by atoms with van der Waals surface area (Å²) in [6.07, 6.45) is 0.0936. The summed E-state index contributed by atoms with van der Waals surface area (Å²) in [5.41, 5.74) is 0.721. The Morgan fingerprint density at radius 2 is 2.06 bits per heavy atom. The lowest BCUT2D eigenvalue weighted by molar-refractivity contribution is -0.121. The van der Waals surface area contributed by atoms with E-state index in [0.29, 0.717) is 5.75 Å². The van der Waals surface area contributed by atoms with Crippen molar-refractivity contribution in [2.45, 2.75) is 26.4 Å². The molecule has 1 aliphatic heterocycles. The monoisotopic (exact) mass is 233 g/mol. The molecule has 1 amide bonds. The lowest BCUT2D eigenvalue weighted by Crippen LogP contribution is -2.24. The summed E-state index contributed by atoms with van der Waals surface area (Å²) in [7, 11) is 0. The molecule has 1 aliphatic rings. The van der Waals surface area contributed by atoms with E-state index >= 15 is 0 Å². The van der Waals surface area contributed by atoms with Gasteiger partial charge in [-0.1, -0.05) is 6.07 Å². The molecule has 0 saturated carbocycles. The second-order valence-corrected chi connectivity index (χ2v) is 4.36. The number of amides is 1. The normalized spacial score (nSPS) is 15.8. The molecular weight excluding hydrogens is 218 g/mol. The van der Waals surface area contributed by atoms with Crippen LogP contribution in [0.25, 0.3) is 0 Å². The zero-order chi connectivity index (χ0) is 12.4. The molecule has 0 N–H and O–H groups in total. The number of carbonyl (C=O) groups is 2. The molecule has 0 aromatic heterocycles. The van der Waals surface area contributed by atoms with Crippen molar-refractivity contribution in [2.75, 3.05) is 11.4 Å². The van der Waals surface area contributed by atoms with E-state index in [0.717, 1.165) is 5.69 Å². The molecular formula is C13H15NO3. The van der Waals surface area contributed by atoms with Crippen LogP contribution in [0.3, 0.4) is 0 Å². The van der Waals surface area contributed by atoms with Gasteiger partial charge in [-0.2, -0.15) is 0 Å². The molecule has 0 spiro atoms. The number of ether oxygens (including phenoxy) is 1. The maximum absolute atomic E-state index is 11.6. The van der Waals surface area contributed by atoms with Gasteiger partial charge in [0.25, 0.3) is 0 Å². The molecule has 17 heavy (non-hydrogen) atoms. The lowest BCUT2D eigenvalue weighted by atomic mass is 10.2. The lowest BCUT2D eigenvalue weighted by Gasteiger charge is -2.16. The standard InChI is InChI=1S/C13H15NO3/c1-9(2)17-12-5-3-4-10(6-12)14-8-11(15)7-13(14)16/h3-6,9H,7-8H2,1-2H3. The van der Waals surface area contributed by atoms with E-state index in [2.05, 4.69) is 0 Å². The number of hydrogen-bond donors (Lipinski definition) is 0. The number of rotatable bonds is 3. The molecule has 1 fully saturated rings. The van der Waals surface area contributed by atoms with Crippen molar-refractivity contribution in [2.24, 2.45) is 0 Å². The van der Waals surface area contributed by atoms with Gasteiger partial charge in [0.05, 0.1) is 19.1 Å². The van der Waals surface area contributed by atoms with E-state index in [9.17, 15) is 9.59 Å². The molecule has 4 nitrogen and oxygen atoms in total. The number of ketones is 1. The van der Waals surface area contributed by atoms with E-state index in [4.69, 9.17) is 4.74 Å². The molecule has 1 saturated heterocycles. The predicted octanol–water partition coefficient (Wildman–Crippen LogP) is 1.78. The van der Waals surface area contributed by atoms with Crippen LogP contribution in [-0.2, 0) is 9.59 Å². The van der Waals surface area contributed by atoms with E-state index < -0.39 is 0 Å². The van der Waals surface area contributed by atoms with Crippen LogP contribution in [0.4, 0.5) is 5.69 Å². The Balaban J connectivity index is 2.21. The van der Waals surface area contributed by atoms with Crippen LogP contribution in [-0.4, -0.2) is 24.3 Å². The molecule has 2 rings (SSSR count). The molecule has 1 heterocycles. The van der Waals surface area contributed by atoms with Gasteiger partial charge in [-0.05, 0) is 26.0 Å². The molecule has 0 radical (unpaired) electrons. The largest absolute Gasteiger partial charge is 0.491 e. The summed E-state index contributed by atoms with van der Waals surface area (Å²) in [5, 5.41) is 0. The first-order valence-electron chi connectivity index (χ1n) is 5.65. The summed E-state index contributed by atoms with van der Waals surface area (Å²) >= 11 is 0. The fraction of sp³-hybridized carbons (Fsp3) is 0.385. The van der Waals surface area contributed by atoms with Crippen molar-refractivity contribution in [3.05, 3.63) is 24.3 Å². The summed E-state index contributed by atoms with van der Waals surface area (Å²) in [4.78, 5) is 24.3. The maximum atomic E-state index is 11.6. The maximum Gasteiger partial charge on any atom is 0.234 e. The Morgan fingerprint density at radius 3 is 2.65 bits per heavy atom. The zero-order valence-electron chi connectivity index (χ0n) is 9.97. The predicted molar refractivity (Wildman–Crippen MR) is 64.2 cm³/mol. The fourth-order valence-electron chi connectivity index (χ4n) is 1.82. The number of nitrogens with zero attached hydrogens (tertiary/aromatic N) is 1. The van der Waals surface area contributed by atoms with Gasteiger partial charge in [-0.25, -0.2) is 0 Å². The van der Waals surface area contributed by atoms with Crippen LogP contribution in [0.1, 0.15) is 20.3 Å². The van der Waals surface area contributed by atoms with Gasteiger partial charge >= 0.3 is 0 Å². The summed E-state index contributed by atoms with van der Waals surface area (Å²) in [5.74, 6) is 0.534. The van der Waals surface area contributed by atoms with Crippen LogP contribution in [0.15, 0.2) is 24.3 Å². The zero-order valence-corrected chi connectivity index (χ0v) is 9.97. The molecule has 1 aromatic rings. The Morgan fingerprint density at radius 1 is 1.29 bits per heavy atom. The van der Waals surface area contributed by atoms with Gasteiger partial charge in [-0.15, -0.1) is 0 Å². The average molecular weight is 233 g/mol. The summed E-state index contributed by atoms with van der Waals surface area (Å²) in [6.45, 7) is 4.05. The van der Waals surface area contributed by atoms with Crippen LogP contribution in [0.2, 0.25) is 0 Å². The van der Waals surface area contributed by atoms with Gasteiger partial charge < -0.3 is 9.64 Å². The van der Waals surface area contributed by atoms with Gasteiger partial charge in [-0.3, -0.25) is 9.59 Å². The van der Waals surface area contributed by atoms with Gasteiger partial charge in [0, 0.05) is 11.8 Å². The Kier molecular flexibility index (Phi) is 3.13. The van der Waals surface area contributed by atoms with Crippen molar-refractivity contribution in [3.63, 3.8) is 0 Å². The molecule has 1 aromatic carbocycles. The third-order valence-electron chi connectivity index (χ3n) is 2.48. The molecule has 90 valence electrons. The van der Waals surface area contributed by atoms with E-state index in [1.165, 1.54) is 4.90 Å². The molecule has 0 atom stereocenters. The van der Waals surface area contributed by atoms with Crippen LogP contribution in [0, 0.1) is 0 Å². The third kappa shape index (κ3) is 2.64. The van der Waals surface area contributed by atoms with E-state index in [1.54, 1.807) is 6.07 Å². The van der Waals surface area contributed by atoms with E-state index in [-0.39, 0.29) is 30.8 Å². The first kappa shape index (κ1) is 11.6. The van der Waals surface area contributed by atoms with E-state index in [1.807, 2.05) is 32.0 Å². The minimum atomic E-state index is -0.142. The number of Topliss-reactive ketones (excluding diaryl/α,β-unsaturated/α-hetero) is 1. The van der Waals surface area contributed by atoms with Crippen molar-refractivity contribution in [1.82, 2.24) is 0 Å². The highest BCUT2D eigenvalue weighted by Crippen LogP contribution is 2.24. The van der Waals surface area contributed by atoms with Crippen molar-refractivity contribution >= 4 is 17.4 Å². The Labute approximate surface area is 100 Å². The molecule has 0 bridgehead atoms. The molecule has 0 aliphatic carbocycles. The van der Waals surface area contributed by atoms with Crippen molar-refractivity contribution in [1.29, 1.82) is 0 Å². The Hall–Kier alpha value is -1.84. The Bertz CT molecular complexity index is 454. The number of benzene rings is 1. The first-order valence-corrected chi connectivity index (χ1v) is 5.65. The minimum Gasteiger partial charge on any atom is -0.491 e. The smallest absolute Gasteiger partial charge is 0.234 e. The quantitative estimate of drug-likeness (QED) is 0.748. The van der Waals surface area contributed by atoms with Crippen molar-refractivity contribution in [3.8, 4) is 5.75 Å². The summed E-state index contributed by atoms with van der Waals surface area (Å²) < 4.78 is 5.55. The number of carbonyl (C=O) groups excluding carboxylic acids is 2. The SMILES string of the molecule is CC(C)Oc1cccc(N2CC(=O)CC2=O)c1. The first-order chi connectivity index (χ1) is 8.06. The minimum absolute atomic E-state index is 0.00919. The highest BCUT2D eigenvalue weighted by Gasteiger charge is 2.28. The van der Waals surface area contributed by atoms with Crippen LogP contribution >= 0.6 is 0 Å². The highest BCUT2D eigenvalue weighted by molar-refractivity contribution is 6.15. The van der Waals surface area contributed by atoms with Gasteiger partial charge in [0.15, 0.2) is 5.78 Å². The number of anilines is 1. The number of hydrogen-bond acceptors (Lipinski definition) is 3. The average Bonchev–Trinajstić information content (AvgIpc) is 2.57. The van der Waals surface area contributed by atoms with Gasteiger partial charge in [0.2, 0.25) is 5.91 Å². The fourth-order valence-corrected chi connectivity index (χ4v) is 1.82. The summed E-state index contributed by atoms with van der Waals surface area (Å²) in [6, 6.07) is 7.26. The highest BCUT2D eigenvalue weighted by atomic mass is 16.5. The van der Waals surface area contributed by atoms with Crippen LogP contribution in [0.5, 0.6) is 5.75 Å².